The van der Waals surface area contributed by atoms with Gasteiger partial charge in [0.15, 0.2) is 17.3 Å². The van der Waals surface area contributed by atoms with Crippen LogP contribution in [0.2, 0.25) is 5.02 Å². The van der Waals surface area contributed by atoms with Crippen LogP contribution in [0.25, 0.3) is 39.4 Å². The van der Waals surface area contributed by atoms with Crippen molar-refractivity contribution in [1.82, 2.24) is 14.8 Å². The molecule has 0 unspecified atom stereocenters. The number of ether oxygens (including phenoxy) is 1. The molecule has 0 spiro atoms. The first-order valence-electron chi connectivity index (χ1n) is 11.6. The lowest BCUT2D eigenvalue weighted by atomic mass is 9.97. The fourth-order valence-corrected chi connectivity index (χ4v) is 4.34. The van der Waals surface area contributed by atoms with E-state index in [1.807, 2.05) is 31.2 Å². The molecule has 39 heavy (non-hydrogen) atoms. The number of rotatable bonds is 6. The Labute approximate surface area is 224 Å². The summed E-state index contributed by atoms with van der Waals surface area (Å²) >= 11 is 6.03. The molecule has 0 aliphatic rings. The average Bonchev–Trinajstić information content (AvgIpc) is 3.52. The maximum absolute atomic E-state index is 13.3. The van der Waals surface area contributed by atoms with Crippen molar-refractivity contribution < 1.29 is 31.1 Å². The molecule has 0 fully saturated rings. The number of aromatic nitrogens is 3. The number of halogens is 6. The first-order valence-corrected chi connectivity index (χ1v) is 11.9. The topological polar surface area (TPSA) is 53.1 Å². The lowest BCUT2D eigenvalue weighted by molar-refractivity contribution is -0.141. The Kier molecular flexibility index (Phi) is 6.90. The van der Waals surface area contributed by atoms with Gasteiger partial charge >= 0.3 is 12.8 Å². The molecule has 11 heteroatoms. The van der Waals surface area contributed by atoms with Crippen LogP contribution in [0.4, 0.5) is 22.0 Å². The normalized spacial score (nSPS) is 11.8. The van der Waals surface area contributed by atoms with Crippen molar-refractivity contribution in [2.75, 3.05) is 0 Å². The van der Waals surface area contributed by atoms with Crippen LogP contribution in [0.15, 0.2) is 77.3 Å². The van der Waals surface area contributed by atoms with E-state index in [1.165, 1.54) is 18.3 Å². The summed E-state index contributed by atoms with van der Waals surface area (Å²) in [6.07, 6.45) is -3.43. The van der Waals surface area contributed by atoms with Crippen LogP contribution in [0, 0.1) is 13.8 Å². The fourth-order valence-electron chi connectivity index (χ4n) is 4.17. The lowest BCUT2D eigenvalue weighted by Crippen LogP contribution is -2.07. The molecule has 3 aromatic carbocycles. The molecule has 0 aliphatic carbocycles. The number of oxazole rings is 1. The molecule has 0 bridgehead atoms. The van der Waals surface area contributed by atoms with Gasteiger partial charge < -0.3 is 9.15 Å². The molecule has 5 rings (SSSR count). The minimum Gasteiger partial charge on any atom is -0.440 e. The second kappa shape index (κ2) is 10.2. The molecular formula is C28H19ClF5N3O2. The van der Waals surface area contributed by atoms with Gasteiger partial charge in [0.2, 0.25) is 0 Å². The Morgan fingerprint density at radius 1 is 0.923 bits per heavy atom. The summed E-state index contributed by atoms with van der Waals surface area (Å²) in [5, 5.41) is 3.70. The number of aryl methyl sites for hydroxylation is 2. The quantitative estimate of drug-likeness (QED) is 0.195. The molecule has 0 saturated heterocycles. The van der Waals surface area contributed by atoms with E-state index >= 15 is 0 Å². The maximum Gasteiger partial charge on any atom is 0.435 e. The zero-order valence-corrected chi connectivity index (χ0v) is 21.2. The summed E-state index contributed by atoms with van der Waals surface area (Å²) in [5.74, 6) is 0.187. The van der Waals surface area contributed by atoms with E-state index in [4.69, 9.17) is 16.0 Å². The Balaban J connectivity index is 1.72. The molecule has 0 atom stereocenters. The van der Waals surface area contributed by atoms with Crippen LogP contribution in [0.5, 0.6) is 5.75 Å². The molecule has 0 amide bonds. The summed E-state index contributed by atoms with van der Waals surface area (Å²) in [4.78, 5) is 4.44. The summed E-state index contributed by atoms with van der Waals surface area (Å²) in [6, 6.07) is 18.0. The molecule has 0 saturated carbocycles. The Bertz CT molecular complexity index is 1660. The minimum absolute atomic E-state index is 0.0285. The predicted molar refractivity (Wildman–Crippen MR) is 136 cm³/mol. The van der Waals surface area contributed by atoms with Gasteiger partial charge in [-0.05, 0) is 48.4 Å². The first-order chi connectivity index (χ1) is 18.5. The smallest absolute Gasteiger partial charge is 0.435 e. The molecule has 0 N–H and O–H groups in total. The van der Waals surface area contributed by atoms with Gasteiger partial charge in [-0.15, -0.1) is 0 Å². The number of alkyl halides is 5. The molecular weight excluding hydrogens is 541 g/mol. The van der Waals surface area contributed by atoms with E-state index in [2.05, 4.69) is 14.8 Å². The van der Waals surface area contributed by atoms with Gasteiger partial charge in [-0.2, -0.15) is 27.1 Å². The summed E-state index contributed by atoms with van der Waals surface area (Å²) in [7, 11) is 0. The highest BCUT2D eigenvalue weighted by Crippen LogP contribution is 2.41. The van der Waals surface area contributed by atoms with Crippen LogP contribution in [0.1, 0.15) is 17.1 Å². The third kappa shape index (κ3) is 5.51. The zero-order chi connectivity index (χ0) is 27.9. The maximum atomic E-state index is 13.3. The second-order valence-electron chi connectivity index (χ2n) is 8.68. The fraction of sp³-hybridized carbons (Fsp3) is 0.143. The van der Waals surface area contributed by atoms with E-state index in [0.717, 1.165) is 27.4 Å². The van der Waals surface area contributed by atoms with Gasteiger partial charge in [0, 0.05) is 24.2 Å². The van der Waals surface area contributed by atoms with Crippen molar-refractivity contribution in [3.8, 4) is 45.1 Å². The van der Waals surface area contributed by atoms with Crippen molar-refractivity contribution in [3.63, 3.8) is 0 Å². The van der Waals surface area contributed by atoms with E-state index in [-0.39, 0.29) is 33.8 Å². The summed E-state index contributed by atoms with van der Waals surface area (Å²) in [5.41, 5.74) is 2.87. The number of hydrogen-bond donors (Lipinski definition) is 0. The van der Waals surface area contributed by atoms with Gasteiger partial charge in [-0.3, -0.25) is 0 Å². The van der Waals surface area contributed by atoms with Crippen molar-refractivity contribution >= 4 is 11.6 Å². The standard InChI is InChI=1S/C28H19ClF5N3O2/c1-15-4-3-5-17(12-15)18-7-9-22(37-11-10-24(36-37)28(32,33)34)20(13-18)26-25(35-16(2)38-26)19-6-8-21(29)23(14-19)39-27(30)31/h3-14,27H,1-2H3. The van der Waals surface area contributed by atoms with Gasteiger partial charge in [0.05, 0.1) is 10.7 Å². The Hall–Kier alpha value is -4.18. The van der Waals surface area contributed by atoms with Crippen molar-refractivity contribution in [3.05, 3.63) is 95.1 Å². The van der Waals surface area contributed by atoms with Crippen LogP contribution in [0.3, 0.4) is 0 Å². The summed E-state index contributed by atoms with van der Waals surface area (Å²) < 4.78 is 77.5. The molecule has 5 nitrogen and oxygen atoms in total. The number of hydrogen-bond acceptors (Lipinski definition) is 4. The van der Waals surface area contributed by atoms with Crippen LogP contribution >= 0.6 is 11.6 Å². The van der Waals surface area contributed by atoms with E-state index in [1.54, 1.807) is 31.2 Å². The molecule has 0 aliphatic heterocycles. The largest absolute Gasteiger partial charge is 0.440 e. The highest BCUT2D eigenvalue weighted by molar-refractivity contribution is 6.32. The van der Waals surface area contributed by atoms with Crippen molar-refractivity contribution in [2.24, 2.45) is 0 Å². The molecule has 2 heterocycles. The highest BCUT2D eigenvalue weighted by atomic mass is 35.5. The predicted octanol–water partition coefficient (Wildman–Crippen LogP) is 8.75. The molecule has 0 radical (unpaired) electrons. The van der Waals surface area contributed by atoms with Crippen molar-refractivity contribution in [1.29, 1.82) is 0 Å². The van der Waals surface area contributed by atoms with E-state index in [9.17, 15) is 22.0 Å². The first kappa shape index (κ1) is 26.4. The lowest BCUT2D eigenvalue weighted by Gasteiger charge is -2.13. The van der Waals surface area contributed by atoms with Crippen LogP contribution in [-0.2, 0) is 6.18 Å². The van der Waals surface area contributed by atoms with Gasteiger partial charge in [-0.1, -0.05) is 53.6 Å². The minimum atomic E-state index is -4.63. The average molecular weight is 560 g/mol. The highest BCUT2D eigenvalue weighted by Gasteiger charge is 2.34. The van der Waals surface area contributed by atoms with Crippen molar-refractivity contribution in [2.45, 2.75) is 26.6 Å². The van der Waals surface area contributed by atoms with Gasteiger partial charge in [0.1, 0.15) is 11.4 Å². The van der Waals surface area contributed by atoms with E-state index in [0.29, 0.717) is 11.1 Å². The number of benzene rings is 3. The molecule has 200 valence electrons. The van der Waals surface area contributed by atoms with E-state index < -0.39 is 18.5 Å². The SMILES string of the molecule is Cc1cccc(-c2ccc(-n3ccc(C(F)(F)F)n3)c(-c3oc(C)nc3-c3ccc(Cl)c(OC(F)F)c3)c2)c1. The second-order valence-corrected chi connectivity index (χ2v) is 9.09. The molecule has 2 aromatic heterocycles. The monoisotopic (exact) mass is 559 g/mol. The third-order valence-corrected chi connectivity index (χ3v) is 6.19. The Morgan fingerprint density at radius 2 is 1.67 bits per heavy atom. The van der Waals surface area contributed by atoms with Crippen LogP contribution < -0.4 is 4.74 Å². The molecule has 5 aromatic rings. The third-order valence-electron chi connectivity index (χ3n) is 5.87. The zero-order valence-electron chi connectivity index (χ0n) is 20.4. The Morgan fingerprint density at radius 3 is 2.36 bits per heavy atom. The van der Waals surface area contributed by atoms with Gasteiger partial charge in [-0.25, -0.2) is 9.67 Å². The number of nitrogens with zero attached hydrogens (tertiary/aromatic N) is 3. The summed E-state index contributed by atoms with van der Waals surface area (Å²) in [6.45, 7) is 0.439. The van der Waals surface area contributed by atoms with Crippen LogP contribution in [-0.4, -0.2) is 21.4 Å². The van der Waals surface area contributed by atoms with Gasteiger partial charge in [0.25, 0.3) is 0 Å².